The molecule has 2 aromatic rings. The van der Waals surface area contributed by atoms with Crippen molar-refractivity contribution in [2.45, 2.75) is 51.8 Å². The summed E-state index contributed by atoms with van der Waals surface area (Å²) < 4.78 is 23.1. The zero-order valence-electron chi connectivity index (χ0n) is 17.2. The molecule has 1 atom stereocenters. The summed E-state index contributed by atoms with van der Waals surface area (Å²) in [6.07, 6.45) is 4.61. The lowest BCUT2D eigenvalue weighted by atomic mass is 9.94. The first kappa shape index (κ1) is 22.2. The van der Waals surface area contributed by atoms with Crippen molar-refractivity contribution in [2.75, 3.05) is 6.26 Å². The van der Waals surface area contributed by atoms with Gasteiger partial charge in [-0.1, -0.05) is 63.6 Å². The molecule has 2 aromatic carbocycles. The van der Waals surface area contributed by atoms with Crippen LogP contribution in [0.1, 0.15) is 66.7 Å². The summed E-state index contributed by atoms with van der Waals surface area (Å²) in [6.45, 7) is 6.34. The molecule has 0 fully saturated rings. The van der Waals surface area contributed by atoms with Crippen LogP contribution in [0.2, 0.25) is 0 Å². The number of benzene rings is 2. The number of carbonyl (C=O) groups excluding carboxylic acids is 1. The van der Waals surface area contributed by atoms with E-state index in [1.807, 2.05) is 0 Å². The Kier molecular flexibility index (Phi) is 7.81. The molecule has 0 saturated carbocycles. The van der Waals surface area contributed by atoms with E-state index in [4.69, 9.17) is 0 Å². The summed E-state index contributed by atoms with van der Waals surface area (Å²) in [4.78, 5) is 12.8. The second kappa shape index (κ2) is 9.87. The Morgan fingerprint density at radius 3 is 2.29 bits per heavy atom. The molecule has 0 heterocycles. The van der Waals surface area contributed by atoms with Crippen LogP contribution in [-0.4, -0.2) is 20.6 Å². The highest BCUT2D eigenvalue weighted by atomic mass is 32.2. The van der Waals surface area contributed by atoms with E-state index >= 15 is 0 Å². The Hall–Kier alpha value is -2.14. The molecular formula is C23H31NO3S. The molecular weight excluding hydrogens is 370 g/mol. The summed E-state index contributed by atoms with van der Waals surface area (Å²) in [5.74, 6) is -0.0326. The molecule has 0 aromatic heterocycles. The Bertz CT molecular complexity index is 886. The highest BCUT2D eigenvalue weighted by Crippen LogP contribution is 2.23. The SMILES string of the molecule is CCCCc1ccc(C(NC(=O)c2cccc(CS(C)(=O)=O)c2)C(C)C)cc1. The summed E-state index contributed by atoms with van der Waals surface area (Å²) in [6, 6.07) is 15.2. The van der Waals surface area contributed by atoms with E-state index in [1.165, 1.54) is 24.7 Å². The van der Waals surface area contributed by atoms with Gasteiger partial charge in [-0.15, -0.1) is 0 Å². The van der Waals surface area contributed by atoms with Crippen LogP contribution in [0.4, 0.5) is 0 Å². The third-order valence-electron chi connectivity index (χ3n) is 4.73. The molecule has 0 radical (unpaired) electrons. The first-order valence-electron chi connectivity index (χ1n) is 9.86. The van der Waals surface area contributed by atoms with Crippen molar-refractivity contribution < 1.29 is 13.2 Å². The van der Waals surface area contributed by atoms with E-state index in [9.17, 15) is 13.2 Å². The van der Waals surface area contributed by atoms with Gasteiger partial charge in [0.25, 0.3) is 5.91 Å². The fourth-order valence-corrected chi connectivity index (χ4v) is 4.02. The van der Waals surface area contributed by atoms with Gasteiger partial charge in [-0.05, 0) is 47.6 Å². The molecule has 28 heavy (non-hydrogen) atoms. The van der Waals surface area contributed by atoms with Gasteiger partial charge in [0, 0.05) is 11.8 Å². The van der Waals surface area contributed by atoms with Gasteiger partial charge in [-0.25, -0.2) is 8.42 Å². The van der Waals surface area contributed by atoms with Crippen LogP contribution in [0.3, 0.4) is 0 Å². The maximum Gasteiger partial charge on any atom is 0.251 e. The number of carbonyl (C=O) groups is 1. The van der Waals surface area contributed by atoms with Crippen molar-refractivity contribution in [2.24, 2.45) is 5.92 Å². The topological polar surface area (TPSA) is 63.2 Å². The van der Waals surface area contributed by atoms with E-state index in [1.54, 1.807) is 24.3 Å². The third kappa shape index (κ3) is 6.79. The Labute approximate surface area is 169 Å². The van der Waals surface area contributed by atoms with Crippen molar-refractivity contribution in [3.05, 3.63) is 70.8 Å². The number of amides is 1. The second-order valence-corrected chi connectivity index (χ2v) is 9.95. The van der Waals surface area contributed by atoms with Crippen molar-refractivity contribution in [3.63, 3.8) is 0 Å². The quantitative estimate of drug-likeness (QED) is 0.662. The zero-order valence-corrected chi connectivity index (χ0v) is 18.1. The van der Waals surface area contributed by atoms with E-state index in [-0.39, 0.29) is 23.6 Å². The monoisotopic (exact) mass is 401 g/mol. The number of nitrogens with one attached hydrogen (secondary N) is 1. The highest BCUT2D eigenvalue weighted by molar-refractivity contribution is 7.89. The van der Waals surface area contributed by atoms with E-state index in [0.29, 0.717) is 11.1 Å². The van der Waals surface area contributed by atoms with Gasteiger partial charge in [0.05, 0.1) is 11.8 Å². The van der Waals surface area contributed by atoms with Gasteiger partial charge in [0.2, 0.25) is 0 Å². The Morgan fingerprint density at radius 1 is 1.04 bits per heavy atom. The average Bonchev–Trinajstić information content (AvgIpc) is 2.63. The molecule has 1 N–H and O–H groups in total. The lowest BCUT2D eigenvalue weighted by molar-refractivity contribution is 0.0925. The highest BCUT2D eigenvalue weighted by Gasteiger charge is 2.19. The molecule has 0 spiro atoms. The van der Waals surface area contributed by atoms with Crippen LogP contribution in [0.25, 0.3) is 0 Å². The van der Waals surface area contributed by atoms with E-state index in [2.05, 4.69) is 50.4 Å². The second-order valence-electron chi connectivity index (χ2n) is 7.81. The number of sulfone groups is 1. The standard InChI is InChI=1S/C23H31NO3S/c1-5-6-8-18-11-13-20(14-12-18)22(17(2)3)24-23(25)21-10-7-9-19(15-21)16-28(4,26)27/h7,9-15,17,22H,5-6,8,16H2,1-4H3,(H,24,25). The van der Waals surface area contributed by atoms with Gasteiger partial charge < -0.3 is 5.32 Å². The lowest BCUT2D eigenvalue weighted by Gasteiger charge is -2.23. The third-order valence-corrected chi connectivity index (χ3v) is 5.59. The van der Waals surface area contributed by atoms with Crippen molar-refractivity contribution in [1.82, 2.24) is 5.32 Å². The fraction of sp³-hybridized carbons (Fsp3) is 0.435. The average molecular weight is 402 g/mol. The molecule has 0 aliphatic carbocycles. The Balaban J connectivity index is 2.16. The fourth-order valence-electron chi connectivity index (χ4n) is 3.24. The summed E-state index contributed by atoms with van der Waals surface area (Å²) in [5, 5.41) is 3.11. The molecule has 4 nitrogen and oxygen atoms in total. The van der Waals surface area contributed by atoms with E-state index < -0.39 is 9.84 Å². The Morgan fingerprint density at radius 2 is 1.71 bits per heavy atom. The molecule has 0 bridgehead atoms. The van der Waals surface area contributed by atoms with Gasteiger partial charge in [-0.2, -0.15) is 0 Å². The van der Waals surface area contributed by atoms with Gasteiger partial charge in [0.1, 0.15) is 0 Å². The minimum Gasteiger partial charge on any atom is -0.345 e. The first-order valence-corrected chi connectivity index (χ1v) is 11.9. The molecule has 1 amide bonds. The maximum absolute atomic E-state index is 12.8. The first-order chi connectivity index (χ1) is 13.2. The van der Waals surface area contributed by atoms with Crippen molar-refractivity contribution >= 4 is 15.7 Å². The normalized spacial score (nSPS) is 12.8. The number of hydrogen-bond donors (Lipinski definition) is 1. The number of aryl methyl sites for hydroxylation is 1. The minimum absolute atomic E-state index is 0.0685. The van der Waals surface area contributed by atoms with Crippen LogP contribution in [0.5, 0.6) is 0 Å². The van der Waals surface area contributed by atoms with Gasteiger partial charge >= 0.3 is 0 Å². The predicted octanol–water partition coefficient (Wildman–Crippen LogP) is 4.70. The number of hydrogen-bond acceptors (Lipinski definition) is 3. The van der Waals surface area contributed by atoms with Crippen LogP contribution < -0.4 is 5.32 Å². The molecule has 1 unspecified atom stereocenters. The zero-order chi connectivity index (χ0) is 20.7. The molecule has 5 heteroatoms. The minimum atomic E-state index is -3.14. The smallest absolute Gasteiger partial charge is 0.251 e. The van der Waals surface area contributed by atoms with Gasteiger partial charge in [0.15, 0.2) is 9.84 Å². The number of unbranched alkanes of at least 4 members (excludes halogenated alkanes) is 1. The van der Waals surface area contributed by atoms with E-state index in [0.717, 1.165) is 12.0 Å². The van der Waals surface area contributed by atoms with Crippen molar-refractivity contribution in [1.29, 1.82) is 0 Å². The summed E-state index contributed by atoms with van der Waals surface area (Å²) in [7, 11) is -3.14. The molecule has 152 valence electrons. The molecule has 0 saturated heterocycles. The predicted molar refractivity (Wildman–Crippen MR) is 115 cm³/mol. The number of rotatable bonds is 9. The van der Waals surface area contributed by atoms with Crippen LogP contribution in [0, 0.1) is 5.92 Å². The largest absolute Gasteiger partial charge is 0.345 e. The maximum atomic E-state index is 12.8. The van der Waals surface area contributed by atoms with Crippen LogP contribution >= 0.6 is 0 Å². The molecule has 2 rings (SSSR count). The van der Waals surface area contributed by atoms with Crippen LogP contribution in [0.15, 0.2) is 48.5 Å². The molecule has 0 aliphatic rings. The molecule has 0 aliphatic heterocycles. The summed E-state index contributed by atoms with van der Waals surface area (Å²) in [5.41, 5.74) is 3.49. The lowest BCUT2D eigenvalue weighted by Crippen LogP contribution is -2.31. The van der Waals surface area contributed by atoms with Crippen molar-refractivity contribution in [3.8, 4) is 0 Å². The van der Waals surface area contributed by atoms with Gasteiger partial charge in [-0.3, -0.25) is 4.79 Å². The summed E-state index contributed by atoms with van der Waals surface area (Å²) >= 11 is 0. The van der Waals surface area contributed by atoms with Crippen LogP contribution in [-0.2, 0) is 22.0 Å².